The number of fused-ring (bicyclic) bond motifs is 5. The number of carbonyl (C=O) groups is 1. The monoisotopic (exact) mass is 366 g/mol. The number of rotatable bonds is 7. The maximum absolute atomic E-state index is 12.3. The standard InChI is InChI=1S/C20H34O4Si/c1-13(2)19(3,4)25(6,7)23-11-16-20(12-21)15-9-8-14(10-15)17(20)18(22-5)24-16/h8-9,12-18H,10-11H2,1-7H3/t14-,15+,16-,17?,18-,20-/m1/s1. The highest BCUT2D eigenvalue weighted by Crippen LogP contribution is 2.63. The van der Waals surface area contributed by atoms with Crippen LogP contribution in [0.2, 0.25) is 18.1 Å². The summed E-state index contributed by atoms with van der Waals surface area (Å²) in [6, 6.07) is 0. The van der Waals surface area contributed by atoms with Gasteiger partial charge in [0.25, 0.3) is 0 Å². The second-order valence-electron chi connectivity index (χ2n) is 9.46. The molecule has 1 saturated heterocycles. The van der Waals surface area contributed by atoms with E-state index in [4.69, 9.17) is 13.9 Å². The van der Waals surface area contributed by atoms with Crippen molar-refractivity contribution in [1.82, 2.24) is 0 Å². The zero-order chi connectivity index (χ0) is 18.6. The molecule has 5 heteroatoms. The molecule has 25 heavy (non-hydrogen) atoms. The minimum atomic E-state index is -1.96. The fourth-order valence-electron chi connectivity index (χ4n) is 5.03. The van der Waals surface area contributed by atoms with Crippen LogP contribution in [0.5, 0.6) is 0 Å². The molecule has 4 nitrogen and oxygen atoms in total. The van der Waals surface area contributed by atoms with E-state index in [0.717, 1.165) is 12.7 Å². The average molecular weight is 367 g/mol. The largest absolute Gasteiger partial charge is 0.414 e. The van der Waals surface area contributed by atoms with Gasteiger partial charge in [-0.1, -0.05) is 39.8 Å². The third-order valence-electron chi connectivity index (χ3n) is 7.97. The molecule has 0 amide bonds. The molecule has 0 N–H and O–H groups in total. The lowest BCUT2D eigenvalue weighted by molar-refractivity contribution is -0.145. The molecule has 1 saturated carbocycles. The van der Waals surface area contributed by atoms with Crippen LogP contribution in [0.1, 0.15) is 34.1 Å². The van der Waals surface area contributed by atoms with Gasteiger partial charge >= 0.3 is 0 Å². The highest BCUT2D eigenvalue weighted by Gasteiger charge is 2.68. The fraction of sp³-hybridized carbons (Fsp3) is 0.850. The Morgan fingerprint density at radius 3 is 2.60 bits per heavy atom. The van der Waals surface area contributed by atoms with Crippen molar-refractivity contribution in [3.05, 3.63) is 12.2 Å². The number of allylic oxidation sites excluding steroid dienone is 2. The van der Waals surface area contributed by atoms with E-state index in [1.807, 2.05) is 0 Å². The summed E-state index contributed by atoms with van der Waals surface area (Å²) in [4.78, 5) is 12.3. The average Bonchev–Trinajstić information content (AvgIpc) is 3.22. The summed E-state index contributed by atoms with van der Waals surface area (Å²) in [6.07, 6.45) is 6.14. The lowest BCUT2D eigenvalue weighted by Gasteiger charge is -2.44. The summed E-state index contributed by atoms with van der Waals surface area (Å²) >= 11 is 0. The van der Waals surface area contributed by atoms with Gasteiger partial charge in [-0.2, -0.15) is 0 Å². The predicted molar refractivity (Wildman–Crippen MR) is 101 cm³/mol. The van der Waals surface area contributed by atoms with Crippen LogP contribution in [0.3, 0.4) is 0 Å². The van der Waals surface area contributed by atoms with Gasteiger partial charge in [-0.3, -0.25) is 0 Å². The third kappa shape index (κ3) is 2.61. The molecule has 142 valence electrons. The predicted octanol–water partition coefficient (Wildman–Crippen LogP) is 4.02. The second kappa shape index (κ2) is 6.29. The Bertz CT molecular complexity index is 556. The SMILES string of the molecule is CO[C@@H]1O[C@H](CO[Si](C)(C)C(C)(C)C(C)C)[C@]2(C=O)C1[C@@H]1C=C[C@H]2C1. The van der Waals surface area contributed by atoms with E-state index in [9.17, 15) is 4.79 Å². The van der Waals surface area contributed by atoms with Crippen LogP contribution in [-0.2, 0) is 18.7 Å². The Morgan fingerprint density at radius 2 is 2.04 bits per heavy atom. The fourth-order valence-corrected chi connectivity index (χ4v) is 7.36. The van der Waals surface area contributed by atoms with Crippen LogP contribution in [-0.4, -0.2) is 40.7 Å². The summed E-state index contributed by atoms with van der Waals surface area (Å²) in [5.41, 5.74) is -0.480. The maximum atomic E-state index is 12.3. The molecule has 0 aromatic heterocycles. The molecule has 3 aliphatic rings. The van der Waals surface area contributed by atoms with Gasteiger partial charge in [0.15, 0.2) is 14.6 Å². The zero-order valence-corrected chi connectivity index (χ0v) is 17.7. The van der Waals surface area contributed by atoms with Gasteiger partial charge in [-0.15, -0.1) is 0 Å². The zero-order valence-electron chi connectivity index (χ0n) is 16.7. The van der Waals surface area contributed by atoms with E-state index < -0.39 is 13.7 Å². The van der Waals surface area contributed by atoms with Gasteiger partial charge in [0.05, 0.1) is 18.1 Å². The van der Waals surface area contributed by atoms with Crippen molar-refractivity contribution in [1.29, 1.82) is 0 Å². The molecule has 0 aromatic rings. The van der Waals surface area contributed by atoms with Crippen molar-refractivity contribution in [3.63, 3.8) is 0 Å². The van der Waals surface area contributed by atoms with E-state index in [1.54, 1.807) is 7.11 Å². The first-order valence-electron chi connectivity index (χ1n) is 9.58. The van der Waals surface area contributed by atoms with Crippen molar-refractivity contribution in [2.75, 3.05) is 13.7 Å². The summed E-state index contributed by atoms with van der Waals surface area (Å²) in [5.74, 6) is 1.32. The van der Waals surface area contributed by atoms with E-state index in [1.165, 1.54) is 0 Å². The Hall–Kier alpha value is -0.493. The van der Waals surface area contributed by atoms with E-state index in [-0.39, 0.29) is 29.3 Å². The van der Waals surface area contributed by atoms with Crippen molar-refractivity contribution >= 4 is 14.6 Å². The topological polar surface area (TPSA) is 44.8 Å². The van der Waals surface area contributed by atoms with Crippen LogP contribution >= 0.6 is 0 Å². The van der Waals surface area contributed by atoms with Gasteiger partial charge in [0.2, 0.25) is 0 Å². The smallest absolute Gasteiger partial charge is 0.192 e. The Kier molecular flexibility index (Phi) is 4.85. The van der Waals surface area contributed by atoms with Gasteiger partial charge in [-0.25, -0.2) is 0 Å². The van der Waals surface area contributed by atoms with Gasteiger partial charge < -0.3 is 18.7 Å². The number of methoxy groups -OCH3 is 1. The first-order chi connectivity index (χ1) is 11.6. The summed E-state index contributed by atoms with van der Waals surface area (Å²) in [5, 5.41) is 0.147. The molecule has 1 heterocycles. The number of aldehydes is 1. The number of hydrogen-bond acceptors (Lipinski definition) is 4. The minimum Gasteiger partial charge on any atom is -0.414 e. The van der Waals surface area contributed by atoms with Gasteiger partial charge in [0.1, 0.15) is 6.29 Å². The first kappa shape index (κ1) is 19.3. The molecule has 2 bridgehead atoms. The lowest BCUT2D eigenvalue weighted by atomic mass is 9.67. The van der Waals surface area contributed by atoms with E-state index >= 15 is 0 Å². The van der Waals surface area contributed by atoms with Crippen molar-refractivity contribution in [2.45, 2.75) is 64.6 Å². The Balaban J connectivity index is 1.81. The van der Waals surface area contributed by atoms with E-state index in [2.05, 4.69) is 52.9 Å². The third-order valence-corrected chi connectivity index (χ3v) is 12.5. The highest BCUT2D eigenvalue weighted by atomic mass is 28.4. The van der Waals surface area contributed by atoms with Crippen LogP contribution in [0.4, 0.5) is 0 Å². The molecule has 2 aliphatic carbocycles. The van der Waals surface area contributed by atoms with Crippen molar-refractivity contribution < 1.29 is 18.7 Å². The van der Waals surface area contributed by atoms with Crippen molar-refractivity contribution in [2.24, 2.45) is 29.1 Å². The molecule has 0 radical (unpaired) electrons. The minimum absolute atomic E-state index is 0.126. The number of carbonyl (C=O) groups excluding carboxylic acids is 1. The van der Waals surface area contributed by atoms with Gasteiger partial charge in [0, 0.05) is 13.0 Å². The molecule has 0 aromatic carbocycles. The van der Waals surface area contributed by atoms with Crippen LogP contribution in [0.25, 0.3) is 0 Å². The molecule has 0 spiro atoms. The molecule has 1 unspecified atom stereocenters. The van der Waals surface area contributed by atoms with Crippen LogP contribution in [0.15, 0.2) is 12.2 Å². The molecule has 2 fully saturated rings. The Morgan fingerprint density at radius 1 is 1.36 bits per heavy atom. The molecule has 1 aliphatic heterocycles. The molecule has 3 rings (SSSR count). The van der Waals surface area contributed by atoms with Crippen molar-refractivity contribution in [3.8, 4) is 0 Å². The van der Waals surface area contributed by atoms with Crippen LogP contribution < -0.4 is 0 Å². The summed E-state index contributed by atoms with van der Waals surface area (Å²) in [6.45, 7) is 14.2. The van der Waals surface area contributed by atoms with Gasteiger partial charge in [-0.05, 0) is 42.3 Å². The molecular weight excluding hydrogens is 332 g/mol. The maximum Gasteiger partial charge on any atom is 0.192 e. The molecule has 6 atom stereocenters. The van der Waals surface area contributed by atoms with Crippen LogP contribution in [0, 0.1) is 29.1 Å². The number of hydrogen-bond donors (Lipinski definition) is 0. The first-order valence-corrected chi connectivity index (χ1v) is 12.5. The summed E-state index contributed by atoms with van der Waals surface area (Å²) < 4.78 is 18.4. The van der Waals surface area contributed by atoms with E-state index in [0.29, 0.717) is 18.4 Å². The number of ether oxygens (including phenoxy) is 2. The quantitative estimate of drug-likeness (QED) is 0.388. The lowest BCUT2D eigenvalue weighted by Crippen LogP contribution is -2.50. The molecular formula is C20H34O4Si. The second-order valence-corrected chi connectivity index (χ2v) is 14.1. The Labute approximate surface area is 153 Å². The normalized spacial score (nSPS) is 40.1. The highest BCUT2D eigenvalue weighted by molar-refractivity contribution is 6.74. The summed E-state index contributed by atoms with van der Waals surface area (Å²) in [7, 11) is -0.279.